The van der Waals surface area contributed by atoms with Gasteiger partial charge in [-0.05, 0) is 24.3 Å². The van der Waals surface area contributed by atoms with Crippen LogP contribution in [0.15, 0.2) is 48.9 Å². The Hall–Kier alpha value is -2.56. The molecule has 96 valence electrons. The third-order valence-corrected chi connectivity index (χ3v) is 2.50. The summed E-state index contributed by atoms with van der Waals surface area (Å²) in [5.74, 6) is 0.168. The summed E-state index contributed by atoms with van der Waals surface area (Å²) < 4.78 is 0. The van der Waals surface area contributed by atoms with Crippen molar-refractivity contribution in [1.29, 1.82) is 0 Å². The maximum Gasteiger partial charge on any atom is 0.225 e. The van der Waals surface area contributed by atoms with Gasteiger partial charge in [0.2, 0.25) is 5.91 Å². The lowest BCUT2D eigenvalue weighted by molar-refractivity contribution is -0.116. The largest absolute Gasteiger partial charge is 0.311 e. The van der Waals surface area contributed by atoms with Crippen LogP contribution in [0.1, 0.15) is 23.2 Å². The van der Waals surface area contributed by atoms with Crippen LogP contribution in [0, 0.1) is 0 Å². The predicted octanol–water partition coefficient (Wildman–Crippen LogP) is 2.08. The maximum atomic E-state index is 11.8. The topological polar surface area (TPSA) is 72.0 Å². The van der Waals surface area contributed by atoms with Gasteiger partial charge in [0, 0.05) is 37.0 Å². The summed E-state index contributed by atoms with van der Waals surface area (Å²) in [5.41, 5.74) is 0.521. The van der Waals surface area contributed by atoms with E-state index in [1.54, 1.807) is 42.7 Å². The molecule has 0 saturated heterocycles. The zero-order chi connectivity index (χ0) is 13.5. The molecule has 0 unspecified atom stereocenters. The molecule has 0 fully saturated rings. The fourth-order valence-corrected chi connectivity index (χ4v) is 1.54. The molecule has 2 heterocycles. The average Bonchev–Trinajstić information content (AvgIpc) is 2.47. The first kappa shape index (κ1) is 12.9. The van der Waals surface area contributed by atoms with E-state index in [1.807, 2.05) is 0 Å². The molecule has 0 radical (unpaired) electrons. The van der Waals surface area contributed by atoms with Crippen LogP contribution in [-0.2, 0) is 4.79 Å². The van der Waals surface area contributed by atoms with E-state index in [4.69, 9.17) is 0 Å². The summed E-state index contributed by atoms with van der Waals surface area (Å²) in [5, 5.41) is 2.63. The van der Waals surface area contributed by atoms with Crippen molar-refractivity contribution in [1.82, 2.24) is 9.97 Å². The Morgan fingerprint density at radius 1 is 1.05 bits per heavy atom. The zero-order valence-electron chi connectivity index (χ0n) is 10.2. The zero-order valence-corrected chi connectivity index (χ0v) is 10.2. The summed E-state index contributed by atoms with van der Waals surface area (Å²) in [7, 11) is 0. The molecule has 0 aliphatic carbocycles. The SMILES string of the molecule is O=C(CCC(=O)c1cccnc1)Nc1ccccn1. The highest BCUT2D eigenvalue weighted by Gasteiger charge is 2.09. The second-order valence-electron chi connectivity index (χ2n) is 3.93. The van der Waals surface area contributed by atoms with E-state index in [0.29, 0.717) is 11.4 Å². The first-order chi connectivity index (χ1) is 9.25. The highest BCUT2D eigenvalue weighted by molar-refractivity contribution is 5.99. The Morgan fingerprint density at radius 3 is 2.63 bits per heavy atom. The van der Waals surface area contributed by atoms with Crippen molar-refractivity contribution in [2.75, 3.05) is 5.32 Å². The van der Waals surface area contributed by atoms with Crippen molar-refractivity contribution in [3.05, 3.63) is 54.5 Å². The molecule has 19 heavy (non-hydrogen) atoms. The van der Waals surface area contributed by atoms with Gasteiger partial charge in [0.1, 0.15) is 5.82 Å². The number of aromatic nitrogens is 2. The monoisotopic (exact) mass is 255 g/mol. The number of carbonyl (C=O) groups is 2. The number of carbonyl (C=O) groups excluding carboxylic acids is 2. The van der Waals surface area contributed by atoms with Crippen LogP contribution >= 0.6 is 0 Å². The van der Waals surface area contributed by atoms with Crippen molar-refractivity contribution >= 4 is 17.5 Å². The van der Waals surface area contributed by atoms with E-state index in [2.05, 4.69) is 15.3 Å². The van der Waals surface area contributed by atoms with Gasteiger partial charge >= 0.3 is 0 Å². The Morgan fingerprint density at radius 2 is 1.95 bits per heavy atom. The summed E-state index contributed by atoms with van der Waals surface area (Å²) in [4.78, 5) is 31.2. The third-order valence-electron chi connectivity index (χ3n) is 2.50. The molecular weight excluding hydrogens is 242 g/mol. The lowest BCUT2D eigenvalue weighted by Crippen LogP contribution is -2.14. The van der Waals surface area contributed by atoms with Gasteiger partial charge in [-0.1, -0.05) is 6.07 Å². The standard InChI is InChI=1S/C14H13N3O2/c18-12(11-4-3-8-15-10-11)6-7-14(19)17-13-5-1-2-9-16-13/h1-5,8-10H,6-7H2,(H,16,17,19). The molecule has 0 bridgehead atoms. The molecule has 0 saturated carbocycles. The summed E-state index contributed by atoms with van der Waals surface area (Å²) >= 11 is 0. The lowest BCUT2D eigenvalue weighted by Gasteiger charge is -2.03. The molecule has 2 aromatic rings. The Kier molecular flexibility index (Phi) is 4.34. The van der Waals surface area contributed by atoms with Gasteiger partial charge in [-0.3, -0.25) is 14.6 Å². The van der Waals surface area contributed by atoms with Crippen LogP contribution in [0.2, 0.25) is 0 Å². The number of rotatable bonds is 5. The van der Waals surface area contributed by atoms with E-state index in [0.717, 1.165) is 0 Å². The fraction of sp³-hybridized carbons (Fsp3) is 0.143. The normalized spacial score (nSPS) is 9.89. The minimum absolute atomic E-state index is 0.0933. The van der Waals surface area contributed by atoms with Crippen molar-refractivity contribution in [3.63, 3.8) is 0 Å². The van der Waals surface area contributed by atoms with Crippen LogP contribution in [0.4, 0.5) is 5.82 Å². The number of hydrogen-bond donors (Lipinski definition) is 1. The van der Waals surface area contributed by atoms with E-state index in [1.165, 1.54) is 6.20 Å². The van der Waals surface area contributed by atoms with Gasteiger partial charge in [-0.25, -0.2) is 4.98 Å². The van der Waals surface area contributed by atoms with Crippen molar-refractivity contribution in [2.24, 2.45) is 0 Å². The number of nitrogens with one attached hydrogen (secondary N) is 1. The van der Waals surface area contributed by atoms with Crippen LogP contribution in [0.25, 0.3) is 0 Å². The molecule has 5 heteroatoms. The van der Waals surface area contributed by atoms with Gasteiger partial charge in [0.25, 0.3) is 0 Å². The molecular formula is C14H13N3O2. The fourth-order valence-electron chi connectivity index (χ4n) is 1.54. The van der Waals surface area contributed by atoms with Gasteiger partial charge in [-0.2, -0.15) is 0 Å². The second-order valence-corrected chi connectivity index (χ2v) is 3.93. The molecule has 2 aromatic heterocycles. The number of amides is 1. The molecule has 5 nitrogen and oxygen atoms in total. The summed E-state index contributed by atoms with van der Waals surface area (Å²) in [6.07, 6.45) is 4.98. The van der Waals surface area contributed by atoms with Gasteiger partial charge in [0.15, 0.2) is 5.78 Å². The first-order valence-electron chi connectivity index (χ1n) is 5.90. The highest BCUT2D eigenvalue weighted by Crippen LogP contribution is 2.06. The first-order valence-corrected chi connectivity index (χ1v) is 5.90. The van der Waals surface area contributed by atoms with Gasteiger partial charge in [-0.15, -0.1) is 0 Å². The van der Waals surface area contributed by atoms with Crippen molar-refractivity contribution in [2.45, 2.75) is 12.8 Å². The Labute approximate surface area is 110 Å². The van der Waals surface area contributed by atoms with Crippen molar-refractivity contribution in [3.8, 4) is 0 Å². The summed E-state index contributed by atoms with van der Waals surface area (Å²) in [6, 6.07) is 8.62. The Bertz CT molecular complexity index is 555. The molecule has 0 aliphatic heterocycles. The number of nitrogens with zero attached hydrogens (tertiary/aromatic N) is 2. The van der Waals surface area contributed by atoms with E-state index in [9.17, 15) is 9.59 Å². The number of pyridine rings is 2. The predicted molar refractivity (Wildman–Crippen MR) is 70.7 cm³/mol. The molecule has 1 N–H and O–H groups in total. The smallest absolute Gasteiger partial charge is 0.225 e. The third kappa shape index (κ3) is 3.99. The summed E-state index contributed by atoms with van der Waals surface area (Å²) in [6.45, 7) is 0. The number of ketones is 1. The molecule has 0 spiro atoms. The van der Waals surface area contributed by atoms with Gasteiger partial charge < -0.3 is 5.32 Å². The van der Waals surface area contributed by atoms with Crippen LogP contribution in [0.3, 0.4) is 0 Å². The van der Waals surface area contributed by atoms with Crippen LogP contribution in [0.5, 0.6) is 0 Å². The Balaban J connectivity index is 1.83. The molecule has 0 atom stereocenters. The number of hydrogen-bond acceptors (Lipinski definition) is 4. The quantitative estimate of drug-likeness (QED) is 0.830. The number of anilines is 1. The minimum atomic E-state index is -0.226. The molecule has 0 aromatic carbocycles. The molecule has 0 aliphatic rings. The van der Waals surface area contributed by atoms with Crippen molar-refractivity contribution < 1.29 is 9.59 Å². The average molecular weight is 255 g/mol. The second kappa shape index (κ2) is 6.39. The minimum Gasteiger partial charge on any atom is -0.311 e. The molecule has 2 rings (SSSR count). The van der Waals surface area contributed by atoms with E-state index in [-0.39, 0.29) is 24.5 Å². The van der Waals surface area contributed by atoms with Crippen LogP contribution in [-0.4, -0.2) is 21.7 Å². The lowest BCUT2D eigenvalue weighted by atomic mass is 10.1. The highest BCUT2D eigenvalue weighted by atomic mass is 16.2. The molecule has 1 amide bonds. The van der Waals surface area contributed by atoms with Crippen LogP contribution < -0.4 is 5.32 Å². The van der Waals surface area contributed by atoms with E-state index < -0.39 is 0 Å². The van der Waals surface area contributed by atoms with Gasteiger partial charge in [0.05, 0.1) is 0 Å². The maximum absolute atomic E-state index is 11.8. The van der Waals surface area contributed by atoms with E-state index >= 15 is 0 Å². The number of Topliss-reactive ketones (excluding diaryl/α,β-unsaturated/α-hetero) is 1.